The number of carbonyl (C=O) groups is 1. The number of likely N-dealkylation sites (tertiary alicyclic amines) is 1. The summed E-state index contributed by atoms with van der Waals surface area (Å²) >= 11 is 0. The maximum Gasteiger partial charge on any atom is 0.284 e. The van der Waals surface area contributed by atoms with E-state index in [1.54, 1.807) is 6.07 Å². The molecule has 0 bridgehead atoms. The summed E-state index contributed by atoms with van der Waals surface area (Å²) in [5.74, 6) is -1.49. The maximum atomic E-state index is 15.2. The molecule has 13 heteroatoms. The van der Waals surface area contributed by atoms with Crippen molar-refractivity contribution in [1.29, 1.82) is 0 Å². The third-order valence-corrected chi connectivity index (χ3v) is 6.82. The summed E-state index contributed by atoms with van der Waals surface area (Å²) in [5, 5.41) is 14.0. The van der Waals surface area contributed by atoms with Crippen LogP contribution in [0.4, 0.5) is 14.5 Å². The summed E-state index contributed by atoms with van der Waals surface area (Å²) in [5.41, 5.74) is -0.138. The quantitative estimate of drug-likeness (QED) is 0.295. The van der Waals surface area contributed by atoms with Gasteiger partial charge in [-0.05, 0) is 68.9 Å². The zero-order valence-corrected chi connectivity index (χ0v) is 22.4. The highest BCUT2D eigenvalue weighted by molar-refractivity contribution is 6.04. The molecule has 0 radical (unpaired) electrons. The van der Waals surface area contributed by atoms with E-state index in [1.165, 1.54) is 54.9 Å². The van der Waals surface area contributed by atoms with Crippen LogP contribution >= 0.6 is 0 Å². The Morgan fingerprint density at radius 2 is 1.90 bits per heavy atom. The van der Waals surface area contributed by atoms with E-state index >= 15 is 4.39 Å². The van der Waals surface area contributed by atoms with Crippen molar-refractivity contribution in [3.8, 4) is 23.1 Å². The molecule has 4 heterocycles. The van der Waals surface area contributed by atoms with E-state index in [4.69, 9.17) is 9.47 Å². The van der Waals surface area contributed by atoms with Crippen LogP contribution in [0.1, 0.15) is 23.2 Å². The van der Waals surface area contributed by atoms with Gasteiger partial charge in [0.05, 0.1) is 5.69 Å². The van der Waals surface area contributed by atoms with Crippen LogP contribution in [-0.4, -0.2) is 62.0 Å². The molecule has 1 fully saturated rings. The second kappa shape index (κ2) is 11.4. The molecule has 11 nitrogen and oxygen atoms in total. The summed E-state index contributed by atoms with van der Waals surface area (Å²) < 4.78 is 41.5. The monoisotopic (exact) mass is 573 g/mol. The van der Waals surface area contributed by atoms with Crippen LogP contribution in [0.25, 0.3) is 16.7 Å². The predicted octanol–water partition coefficient (Wildman–Crippen LogP) is 4.30. The Labute approximate surface area is 237 Å². The van der Waals surface area contributed by atoms with Gasteiger partial charge in [-0.1, -0.05) is 0 Å². The highest BCUT2D eigenvalue weighted by Crippen LogP contribution is 2.36. The average molecular weight is 574 g/mol. The number of anilines is 1. The molecule has 1 saturated heterocycles. The standard InChI is InChI=1S/C29H25F2N7O4/c1-37-14-2-3-20(16-37)41-28-25-24(11-12-32-26(25)35-36-28)42-23-9-6-18(15-22(23)31)34-27(39)21-10-13-33-38(29(21)40)19-7-4-17(30)5-8-19/h4-13,15,20H,2-3,14,16H2,1H3,(H,34,39)(H,32,35,36)/t20-/m0/s1. The molecule has 6 rings (SSSR count). The van der Waals surface area contributed by atoms with E-state index in [2.05, 4.69) is 30.5 Å². The minimum absolute atomic E-state index is 0.0526. The van der Waals surface area contributed by atoms with Crippen LogP contribution in [0.3, 0.4) is 0 Å². The number of carbonyl (C=O) groups excluding carboxylic acids is 1. The number of ether oxygens (including phenoxy) is 2. The third kappa shape index (κ3) is 5.54. The van der Waals surface area contributed by atoms with E-state index in [1.807, 2.05) is 7.05 Å². The number of aromatic amines is 1. The smallest absolute Gasteiger partial charge is 0.284 e. The van der Waals surface area contributed by atoms with Crippen LogP contribution in [0.5, 0.6) is 17.4 Å². The van der Waals surface area contributed by atoms with Crippen LogP contribution in [-0.2, 0) is 0 Å². The maximum absolute atomic E-state index is 15.2. The number of hydrogen-bond donors (Lipinski definition) is 2. The largest absolute Gasteiger partial charge is 0.471 e. The molecule has 2 N–H and O–H groups in total. The van der Waals surface area contributed by atoms with Crippen LogP contribution < -0.4 is 20.3 Å². The molecular formula is C29H25F2N7O4. The molecule has 0 aliphatic carbocycles. The number of H-pyrrole nitrogens is 1. The molecule has 0 saturated carbocycles. The highest BCUT2D eigenvalue weighted by atomic mass is 19.1. The minimum Gasteiger partial charge on any atom is -0.471 e. The Hall–Kier alpha value is -5.17. The van der Waals surface area contributed by atoms with Gasteiger partial charge >= 0.3 is 0 Å². The summed E-state index contributed by atoms with van der Waals surface area (Å²) in [7, 11) is 2.03. The van der Waals surface area contributed by atoms with E-state index in [0.29, 0.717) is 22.7 Å². The predicted molar refractivity (Wildman–Crippen MR) is 149 cm³/mol. The van der Waals surface area contributed by atoms with Gasteiger partial charge in [-0.15, -0.1) is 5.10 Å². The molecule has 3 aromatic heterocycles. The number of halogens is 2. The van der Waals surface area contributed by atoms with Gasteiger partial charge in [-0.2, -0.15) is 9.78 Å². The van der Waals surface area contributed by atoms with Crippen LogP contribution in [0, 0.1) is 11.6 Å². The Morgan fingerprint density at radius 1 is 1.07 bits per heavy atom. The molecule has 1 aliphatic heterocycles. The Balaban J connectivity index is 1.20. The molecular weight excluding hydrogens is 548 g/mol. The van der Waals surface area contributed by atoms with Gasteiger partial charge in [0.1, 0.15) is 28.6 Å². The normalized spacial score (nSPS) is 15.5. The molecule has 1 aliphatic rings. The Bertz CT molecular complexity index is 1820. The molecule has 0 spiro atoms. The SMILES string of the molecule is CN1CCC[C@H](Oc2n[nH]c3nccc(Oc4ccc(NC(=O)c5ccnn(-c6ccc(F)cc6)c5=O)cc4F)c23)C1. The van der Waals surface area contributed by atoms with Crippen LogP contribution in [0.15, 0.2) is 71.8 Å². The first-order chi connectivity index (χ1) is 20.4. The highest BCUT2D eigenvalue weighted by Gasteiger charge is 2.23. The van der Waals surface area contributed by atoms with Crippen molar-refractivity contribution in [2.75, 3.05) is 25.5 Å². The fourth-order valence-corrected chi connectivity index (χ4v) is 4.77. The van der Waals surface area contributed by atoms with Gasteiger partial charge in [-0.3, -0.25) is 14.7 Å². The van der Waals surface area contributed by atoms with Gasteiger partial charge in [0.25, 0.3) is 11.5 Å². The number of likely N-dealkylation sites (N-methyl/N-ethyl adjacent to an activating group) is 1. The third-order valence-electron chi connectivity index (χ3n) is 6.82. The summed E-state index contributed by atoms with van der Waals surface area (Å²) in [6.45, 7) is 1.76. The number of fused-ring (bicyclic) bond motifs is 1. The second-order valence-electron chi connectivity index (χ2n) is 9.85. The number of rotatable bonds is 7. The molecule has 2 aromatic carbocycles. The number of benzene rings is 2. The van der Waals surface area contributed by atoms with E-state index in [-0.39, 0.29) is 28.8 Å². The minimum atomic E-state index is -0.768. The molecule has 5 aromatic rings. The Kier molecular flexibility index (Phi) is 7.32. The van der Waals surface area contributed by atoms with E-state index in [9.17, 15) is 14.0 Å². The van der Waals surface area contributed by atoms with Crippen molar-refractivity contribution in [3.63, 3.8) is 0 Å². The second-order valence-corrected chi connectivity index (χ2v) is 9.85. The van der Waals surface area contributed by atoms with Crippen molar-refractivity contribution in [3.05, 3.63) is 94.5 Å². The average Bonchev–Trinajstić information content (AvgIpc) is 3.38. The fraction of sp³-hybridized carbons (Fsp3) is 0.207. The van der Waals surface area contributed by atoms with Gasteiger partial charge < -0.3 is 19.7 Å². The number of aromatic nitrogens is 5. The zero-order chi connectivity index (χ0) is 29.2. The van der Waals surface area contributed by atoms with Crippen molar-refractivity contribution < 1.29 is 23.0 Å². The topological polar surface area (TPSA) is 127 Å². The first-order valence-corrected chi connectivity index (χ1v) is 13.2. The molecule has 42 heavy (non-hydrogen) atoms. The number of nitrogens with zero attached hydrogens (tertiary/aromatic N) is 5. The molecule has 1 amide bonds. The van der Waals surface area contributed by atoms with Crippen molar-refractivity contribution in [1.82, 2.24) is 29.9 Å². The van der Waals surface area contributed by atoms with E-state index < -0.39 is 23.1 Å². The lowest BCUT2D eigenvalue weighted by atomic mass is 10.1. The first kappa shape index (κ1) is 27.0. The molecule has 214 valence electrons. The Morgan fingerprint density at radius 3 is 2.69 bits per heavy atom. The van der Waals surface area contributed by atoms with Crippen molar-refractivity contribution >= 4 is 22.6 Å². The first-order valence-electron chi connectivity index (χ1n) is 13.2. The molecule has 1 atom stereocenters. The van der Waals surface area contributed by atoms with Gasteiger partial charge in [-0.25, -0.2) is 13.8 Å². The summed E-state index contributed by atoms with van der Waals surface area (Å²) in [4.78, 5) is 32.2. The van der Waals surface area contributed by atoms with Gasteiger partial charge in [0.15, 0.2) is 17.2 Å². The van der Waals surface area contributed by atoms with Crippen molar-refractivity contribution in [2.45, 2.75) is 18.9 Å². The summed E-state index contributed by atoms with van der Waals surface area (Å²) in [6.07, 6.45) is 4.62. The lowest BCUT2D eigenvalue weighted by Gasteiger charge is -2.29. The van der Waals surface area contributed by atoms with Gasteiger partial charge in [0, 0.05) is 36.8 Å². The van der Waals surface area contributed by atoms with Crippen molar-refractivity contribution in [2.24, 2.45) is 0 Å². The van der Waals surface area contributed by atoms with E-state index in [0.717, 1.165) is 36.7 Å². The number of pyridine rings is 1. The fourth-order valence-electron chi connectivity index (χ4n) is 4.77. The number of hydrogen-bond acceptors (Lipinski definition) is 8. The number of nitrogens with one attached hydrogen (secondary N) is 2. The van der Waals surface area contributed by atoms with Crippen LogP contribution in [0.2, 0.25) is 0 Å². The number of piperidine rings is 1. The molecule has 0 unspecified atom stereocenters. The lowest BCUT2D eigenvalue weighted by molar-refractivity contribution is 0.101. The number of amides is 1. The zero-order valence-electron chi connectivity index (χ0n) is 22.4. The lowest BCUT2D eigenvalue weighted by Crippen LogP contribution is -2.38. The summed E-state index contributed by atoms with van der Waals surface area (Å²) in [6, 6.07) is 11.8. The van der Waals surface area contributed by atoms with Gasteiger partial charge in [0.2, 0.25) is 5.88 Å².